The van der Waals surface area contributed by atoms with Crippen molar-refractivity contribution in [2.75, 3.05) is 7.11 Å². The van der Waals surface area contributed by atoms with E-state index in [1.165, 1.54) is 30.4 Å². The molecule has 0 aliphatic heterocycles. The maximum atomic E-state index is 14.6. The van der Waals surface area contributed by atoms with E-state index in [1.807, 2.05) is 0 Å². The fraction of sp³-hybridized carbons (Fsp3) is 0.133. The van der Waals surface area contributed by atoms with Crippen LogP contribution in [0.1, 0.15) is 17.4 Å². The first-order valence-corrected chi connectivity index (χ1v) is 7.58. The van der Waals surface area contributed by atoms with Crippen molar-refractivity contribution in [3.8, 4) is 11.8 Å². The quantitative estimate of drug-likeness (QED) is 0.694. The summed E-state index contributed by atoms with van der Waals surface area (Å²) in [7, 11) is 1.36. The van der Waals surface area contributed by atoms with Crippen LogP contribution in [0.4, 0.5) is 8.78 Å². The van der Waals surface area contributed by atoms with Gasteiger partial charge in [0.1, 0.15) is 18.1 Å². The number of halogens is 2. The molecule has 0 fully saturated rings. The van der Waals surface area contributed by atoms with E-state index in [2.05, 4.69) is 20.6 Å². The topological polar surface area (TPSA) is 93.6 Å². The largest absolute Gasteiger partial charge is 0.474 e. The predicted octanol–water partition coefficient (Wildman–Crippen LogP) is 1.68. The maximum absolute atomic E-state index is 14.6. The first kappa shape index (κ1) is 17.4. The number of aromatic nitrogens is 5. The van der Waals surface area contributed by atoms with Crippen LogP contribution in [0.5, 0.6) is 0 Å². The Bertz CT molecular complexity index is 957. The molecule has 1 atom stereocenters. The Kier molecular flexibility index (Phi) is 4.85. The van der Waals surface area contributed by atoms with E-state index in [0.29, 0.717) is 0 Å². The molecule has 0 saturated heterocycles. The fourth-order valence-corrected chi connectivity index (χ4v) is 2.43. The van der Waals surface area contributed by atoms with Crippen LogP contribution in [0, 0.1) is 23.0 Å². The summed E-state index contributed by atoms with van der Waals surface area (Å²) in [6, 6.07) is 4.05. The first-order valence-electron chi connectivity index (χ1n) is 7.17. The Balaban J connectivity index is 2.04. The van der Waals surface area contributed by atoms with E-state index in [0.717, 1.165) is 23.0 Å². The standard InChI is InChI=1S/C15H11F2N7OS/c1-25-15(26)21-14(24-3-2-20-22-24)9-4-11(16)13(12(17)5-9)23-7-10(6-18)19-8-23/h2-5,7-8,14H,1H3,(H,21,26). The molecule has 1 unspecified atom stereocenters. The monoisotopic (exact) mass is 375 g/mol. The Morgan fingerprint density at radius 3 is 2.65 bits per heavy atom. The van der Waals surface area contributed by atoms with Gasteiger partial charge in [-0.1, -0.05) is 5.21 Å². The highest BCUT2D eigenvalue weighted by atomic mass is 32.1. The normalized spacial score (nSPS) is 11.6. The number of ether oxygens (including phenoxy) is 1. The summed E-state index contributed by atoms with van der Waals surface area (Å²) in [5, 5.41) is 19.1. The zero-order valence-electron chi connectivity index (χ0n) is 13.3. The summed E-state index contributed by atoms with van der Waals surface area (Å²) >= 11 is 4.96. The molecule has 2 heterocycles. The third-order valence-corrected chi connectivity index (χ3v) is 3.74. The molecular weight excluding hydrogens is 364 g/mol. The number of hydrogen-bond donors (Lipinski definition) is 1. The van der Waals surface area contributed by atoms with Crippen molar-refractivity contribution in [3.05, 3.63) is 59.9 Å². The average Bonchev–Trinajstić information content (AvgIpc) is 3.30. The summed E-state index contributed by atoms with van der Waals surface area (Å²) in [4.78, 5) is 3.74. The first-order chi connectivity index (χ1) is 12.5. The number of nitrogens with zero attached hydrogens (tertiary/aromatic N) is 6. The second-order valence-corrected chi connectivity index (χ2v) is 5.40. The van der Waals surface area contributed by atoms with E-state index in [4.69, 9.17) is 22.2 Å². The van der Waals surface area contributed by atoms with E-state index in [1.54, 1.807) is 6.07 Å². The van der Waals surface area contributed by atoms with Gasteiger partial charge < -0.3 is 10.1 Å². The SMILES string of the molecule is COC(=S)NC(c1cc(F)c(-n2cnc(C#N)c2)c(F)c1)n1ccnn1. The van der Waals surface area contributed by atoms with Crippen LogP contribution in [0.15, 0.2) is 37.1 Å². The molecule has 0 bridgehead atoms. The van der Waals surface area contributed by atoms with Crippen LogP contribution in [0.3, 0.4) is 0 Å². The second-order valence-electron chi connectivity index (χ2n) is 5.03. The van der Waals surface area contributed by atoms with Gasteiger partial charge >= 0.3 is 0 Å². The molecule has 0 spiro atoms. The van der Waals surface area contributed by atoms with Gasteiger partial charge in [-0.3, -0.25) is 4.57 Å². The molecule has 3 rings (SSSR count). The van der Waals surface area contributed by atoms with E-state index >= 15 is 0 Å². The number of thiocarbonyl (C=S) groups is 1. The number of methoxy groups -OCH3 is 1. The molecule has 8 nitrogen and oxygen atoms in total. The van der Waals surface area contributed by atoms with Gasteiger partial charge in [0, 0.05) is 18.0 Å². The maximum Gasteiger partial charge on any atom is 0.258 e. The van der Waals surface area contributed by atoms with E-state index < -0.39 is 17.8 Å². The number of nitrogens with one attached hydrogen (secondary N) is 1. The minimum Gasteiger partial charge on any atom is -0.474 e. The van der Waals surface area contributed by atoms with Gasteiger partial charge in [0.15, 0.2) is 23.5 Å². The summed E-state index contributed by atoms with van der Waals surface area (Å²) in [6.07, 6.45) is 4.48. The van der Waals surface area contributed by atoms with E-state index in [9.17, 15) is 8.78 Å². The number of hydrogen-bond acceptors (Lipinski definition) is 6. The summed E-state index contributed by atoms with van der Waals surface area (Å²) in [5.74, 6) is -1.70. The van der Waals surface area contributed by atoms with Crippen molar-refractivity contribution in [1.82, 2.24) is 29.9 Å². The van der Waals surface area contributed by atoms with Crippen molar-refractivity contribution in [1.29, 1.82) is 5.26 Å². The lowest BCUT2D eigenvalue weighted by Crippen LogP contribution is -2.33. The highest BCUT2D eigenvalue weighted by molar-refractivity contribution is 7.80. The van der Waals surface area contributed by atoms with Gasteiger partial charge in [-0.2, -0.15) is 5.26 Å². The van der Waals surface area contributed by atoms with Crippen LogP contribution < -0.4 is 5.32 Å². The highest BCUT2D eigenvalue weighted by Gasteiger charge is 2.21. The Labute approximate surface area is 151 Å². The number of benzene rings is 1. The minimum absolute atomic E-state index is 0.0173. The highest BCUT2D eigenvalue weighted by Crippen LogP contribution is 2.24. The predicted molar refractivity (Wildman–Crippen MR) is 89.1 cm³/mol. The molecule has 1 N–H and O–H groups in total. The molecule has 26 heavy (non-hydrogen) atoms. The Hall–Kier alpha value is -3.39. The molecule has 0 aliphatic carbocycles. The van der Waals surface area contributed by atoms with Crippen molar-refractivity contribution in [2.45, 2.75) is 6.17 Å². The molecule has 2 aromatic heterocycles. The smallest absolute Gasteiger partial charge is 0.258 e. The lowest BCUT2D eigenvalue weighted by molar-refractivity contribution is 0.364. The van der Waals surface area contributed by atoms with Gasteiger partial charge in [0.25, 0.3) is 5.17 Å². The zero-order chi connectivity index (χ0) is 18.7. The third kappa shape index (κ3) is 3.35. The molecule has 11 heteroatoms. The molecule has 3 aromatic rings. The lowest BCUT2D eigenvalue weighted by Gasteiger charge is -2.20. The third-order valence-electron chi connectivity index (χ3n) is 3.46. The van der Waals surface area contributed by atoms with Crippen LogP contribution in [0.2, 0.25) is 0 Å². The van der Waals surface area contributed by atoms with Crippen LogP contribution in [0.25, 0.3) is 5.69 Å². The van der Waals surface area contributed by atoms with Gasteiger partial charge in [0.2, 0.25) is 0 Å². The summed E-state index contributed by atoms with van der Waals surface area (Å²) in [6.45, 7) is 0. The number of imidazole rings is 1. The number of nitriles is 1. The van der Waals surface area contributed by atoms with E-state index in [-0.39, 0.29) is 22.1 Å². The van der Waals surface area contributed by atoms with Crippen LogP contribution in [-0.4, -0.2) is 36.8 Å². The van der Waals surface area contributed by atoms with Gasteiger partial charge in [-0.15, -0.1) is 5.10 Å². The molecule has 0 aliphatic rings. The van der Waals surface area contributed by atoms with Crippen molar-refractivity contribution in [3.63, 3.8) is 0 Å². The average molecular weight is 375 g/mol. The van der Waals surface area contributed by atoms with Gasteiger partial charge in [-0.05, 0) is 24.4 Å². The molecular formula is C15H11F2N7OS. The lowest BCUT2D eigenvalue weighted by atomic mass is 10.1. The van der Waals surface area contributed by atoms with Crippen molar-refractivity contribution < 1.29 is 13.5 Å². The second kappa shape index (κ2) is 7.24. The summed E-state index contributed by atoms with van der Waals surface area (Å²) in [5.41, 5.74) is -0.107. The molecule has 0 radical (unpaired) electrons. The van der Waals surface area contributed by atoms with Crippen molar-refractivity contribution in [2.24, 2.45) is 0 Å². The minimum atomic E-state index is -0.850. The van der Waals surface area contributed by atoms with Gasteiger partial charge in [-0.25, -0.2) is 18.4 Å². The molecule has 132 valence electrons. The zero-order valence-corrected chi connectivity index (χ0v) is 14.1. The fourth-order valence-electron chi connectivity index (χ4n) is 2.32. The van der Waals surface area contributed by atoms with Crippen LogP contribution in [-0.2, 0) is 4.74 Å². The Morgan fingerprint density at radius 2 is 2.12 bits per heavy atom. The summed E-state index contributed by atoms with van der Waals surface area (Å²) < 4.78 is 36.6. The molecule has 0 amide bonds. The van der Waals surface area contributed by atoms with Crippen LogP contribution >= 0.6 is 12.2 Å². The number of rotatable bonds is 4. The van der Waals surface area contributed by atoms with Crippen molar-refractivity contribution >= 4 is 17.4 Å². The molecule has 0 saturated carbocycles. The van der Waals surface area contributed by atoms with Gasteiger partial charge in [0.05, 0.1) is 13.3 Å². The Morgan fingerprint density at radius 1 is 1.38 bits per heavy atom. The molecule has 1 aromatic carbocycles.